The van der Waals surface area contributed by atoms with Crippen LogP contribution in [0.2, 0.25) is 0 Å². The standard InChI is InChI=1S/C15H21N3O/c1-19-13-9-5-6-10-15(13)11-17-14(16)18(15)12-7-3-2-4-8-12/h2-4,7-8,13H,5-6,9-11H2,1H3,(H2,16,17). The molecule has 0 amide bonds. The number of methoxy groups -OCH3 is 1. The van der Waals surface area contributed by atoms with Crippen LogP contribution in [0, 0.1) is 0 Å². The molecule has 1 aliphatic heterocycles. The predicted molar refractivity (Wildman–Crippen MR) is 77.4 cm³/mol. The third kappa shape index (κ3) is 1.91. The van der Waals surface area contributed by atoms with Crippen molar-refractivity contribution in [1.29, 1.82) is 0 Å². The smallest absolute Gasteiger partial charge is 0.196 e. The number of nitrogens with zero attached hydrogens (tertiary/aromatic N) is 2. The second kappa shape index (κ2) is 4.85. The molecule has 1 fully saturated rings. The second-order valence-electron chi connectivity index (χ2n) is 5.42. The number of para-hydroxylation sites is 1. The van der Waals surface area contributed by atoms with Gasteiger partial charge in [0, 0.05) is 12.8 Å². The average Bonchev–Trinajstić information content (AvgIpc) is 2.78. The maximum Gasteiger partial charge on any atom is 0.196 e. The minimum absolute atomic E-state index is 0.0849. The molecule has 0 radical (unpaired) electrons. The first-order chi connectivity index (χ1) is 9.28. The lowest BCUT2D eigenvalue weighted by molar-refractivity contribution is 0.0144. The maximum atomic E-state index is 6.15. The Labute approximate surface area is 114 Å². The molecule has 4 nitrogen and oxygen atoms in total. The van der Waals surface area contributed by atoms with E-state index in [-0.39, 0.29) is 11.6 Å². The Morgan fingerprint density at radius 2 is 2.11 bits per heavy atom. The molecule has 1 aromatic carbocycles. The summed E-state index contributed by atoms with van der Waals surface area (Å²) in [5.74, 6) is 0.621. The summed E-state index contributed by atoms with van der Waals surface area (Å²) in [5, 5.41) is 0. The minimum Gasteiger partial charge on any atom is -0.379 e. The van der Waals surface area contributed by atoms with Crippen LogP contribution in [-0.4, -0.2) is 31.3 Å². The molecule has 0 bridgehead atoms. The Hall–Kier alpha value is -1.55. The van der Waals surface area contributed by atoms with Gasteiger partial charge in [0.05, 0.1) is 18.2 Å². The summed E-state index contributed by atoms with van der Waals surface area (Å²) in [6.45, 7) is 0.742. The van der Waals surface area contributed by atoms with E-state index in [1.165, 1.54) is 12.8 Å². The highest BCUT2D eigenvalue weighted by atomic mass is 16.5. The van der Waals surface area contributed by atoms with E-state index < -0.39 is 0 Å². The van der Waals surface area contributed by atoms with Crippen molar-refractivity contribution in [3.8, 4) is 0 Å². The van der Waals surface area contributed by atoms with Crippen LogP contribution < -0.4 is 10.6 Å². The van der Waals surface area contributed by atoms with Crippen molar-refractivity contribution in [2.75, 3.05) is 18.6 Å². The van der Waals surface area contributed by atoms with Gasteiger partial charge in [-0.05, 0) is 25.0 Å². The normalized spacial score (nSPS) is 30.7. The molecule has 3 rings (SSSR count). The lowest BCUT2D eigenvalue weighted by Gasteiger charge is -2.46. The van der Waals surface area contributed by atoms with E-state index in [0.717, 1.165) is 25.1 Å². The molecule has 0 aromatic heterocycles. The van der Waals surface area contributed by atoms with Crippen LogP contribution in [0.4, 0.5) is 5.69 Å². The van der Waals surface area contributed by atoms with Gasteiger partial charge in [-0.15, -0.1) is 0 Å². The highest BCUT2D eigenvalue weighted by Gasteiger charge is 2.50. The number of hydrogen-bond donors (Lipinski definition) is 1. The fourth-order valence-corrected chi connectivity index (χ4v) is 3.52. The number of aliphatic imine (C=N–C) groups is 1. The highest BCUT2D eigenvalue weighted by Crippen LogP contribution is 2.41. The van der Waals surface area contributed by atoms with Gasteiger partial charge in [-0.2, -0.15) is 0 Å². The first-order valence-electron chi connectivity index (χ1n) is 6.96. The van der Waals surface area contributed by atoms with Crippen molar-refractivity contribution < 1.29 is 4.74 Å². The Morgan fingerprint density at radius 1 is 1.32 bits per heavy atom. The van der Waals surface area contributed by atoms with E-state index in [1.807, 2.05) is 18.2 Å². The maximum absolute atomic E-state index is 6.15. The number of hydrogen-bond acceptors (Lipinski definition) is 4. The Kier molecular flexibility index (Phi) is 3.19. The van der Waals surface area contributed by atoms with E-state index >= 15 is 0 Å². The van der Waals surface area contributed by atoms with Crippen LogP contribution >= 0.6 is 0 Å². The van der Waals surface area contributed by atoms with Crippen LogP contribution in [0.15, 0.2) is 35.3 Å². The van der Waals surface area contributed by atoms with Crippen molar-refractivity contribution in [1.82, 2.24) is 0 Å². The molecular formula is C15H21N3O. The van der Waals surface area contributed by atoms with Gasteiger partial charge in [0.1, 0.15) is 0 Å². The van der Waals surface area contributed by atoms with Gasteiger partial charge in [0.25, 0.3) is 0 Å². The van der Waals surface area contributed by atoms with E-state index in [1.54, 1.807) is 7.11 Å². The molecule has 4 heteroatoms. The number of ether oxygens (including phenoxy) is 1. The fourth-order valence-electron chi connectivity index (χ4n) is 3.52. The molecule has 102 valence electrons. The molecule has 1 heterocycles. The lowest BCUT2D eigenvalue weighted by Crippen LogP contribution is -2.61. The largest absolute Gasteiger partial charge is 0.379 e. The topological polar surface area (TPSA) is 50.9 Å². The molecule has 0 saturated heterocycles. The Bertz CT molecular complexity index is 474. The average molecular weight is 259 g/mol. The van der Waals surface area contributed by atoms with Gasteiger partial charge in [-0.25, -0.2) is 0 Å². The van der Waals surface area contributed by atoms with Crippen LogP contribution in [0.3, 0.4) is 0 Å². The van der Waals surface area contributed by atoms with Crippen molar-refractivity contribution in [2.45, 2.75) is 37.3 Å². The lowest BCUT2D eigenvalue weighted by atomic mass is 9.78. The third-order valence-corrected chi connectivity index (χ3v) is 4.41. The molecule has 1 aliphatic carbocycles. The molecule has 1 spiro atoms. The van der Waals surface area contributed by atoms with Gasteiger partial charge < -0.3 is 15.4 Å². The number of guanidine groups is 1. The van der Waals surface area contributed by atoms with Gasteiger partial charge in [-0.3, -0.25) is 4.99 Å². The Morgan fingerprint density at radius 3 is 2.84 bits per heavy atom. The number of rotatable bonds is 2. The first kappa shape index (κ1) is 12.5. The van der Waals surface area contributed by atoms with Crippen molar-refractivity contribution in [3.63, 3.8) is 0 Å². The van der Waals surface area contributed by atoms with Gasteiger partial charge in [-0.1, -0.05) is 31.0 Å². The van der Waals surface area contributed by atoms with E-state index in [9.17, 15) is 0 Å². The summed E-state index contributed by atoms with van der Waals surface area (Å²) in [6, 6.07) is 10.3. The zero-order chi connectivity index (χ0) is 13.3. The summed E-state index contributed by atoms with van der Waals surface area (Å²) in [7, 11) is 1.80. The van der Waals surface area contributed by atoms with Crippen LogP contribution in [0.1, 0.15) is 25.7 Å². The molecule has 1 saturated carbocycles. The molecule has 2 atom stereocenters. The van der Waals surface area contributed by atoms with Crippen LogP contribution in [0.25, 0.3) is 0 Å². The summed E-state index contributed by atoms with van der Waals surface area (Å²) >= 11 is 0. The van der Waals surface area contributed by atoms with Crippen molar-refractivity contribution in [3.05, 3.63) is 30.3 Å². The van der Waals surface area contributed by atoms with Crippen LogP contribution in [0.5, 0.6) is 0 Å². The quantitative estimate of drug-likeness (QED) is 0.885. The predicted octanol–water partition coefficient (Wildman–Crippen LogP) is 2.15. The van der Waals surface area contributed by atoms with E-state index in [0.29, 0.717) is 5.96 Å². The van der Waals surface area contributed by atoms with Crippen molar-refractivity contribution >= 4 is 11.6 Å². The summed E-state index contributed by atoms with van der Waals surface area (Å²) in [6.07, 6.45) is 4.81. The van der Waals surface area contributed by atoms with Gasteiger partial charge >= 0.3 is 0 Å². The SMILES string of the molecule is COC1CCCCC12CN=C(N)N2c1ccccc1. The number of anilines is 1. The zero-order valence-electron chi connectivity index (χ0n) is 11.4. The zero-order valence-corrected chi connectivity index (χ0v) is 11.4. The fraction of sp³-hybridized carbons (Fsp3) is 0.533. The molecule has 2 aliphatic rings. The molecule has 2 unspecified atom stereocenters. The first-order valence-corrected chi connectivity index (χ1v) is 6.96. The summed E-state index contributed by atoms with van der Waals surface area (Å²) in [5.41, 5.74) is 7.18. The molecule has 1 aromatic rings. The third-order valence-electron chi connectivity index (χ3n) is 4.41. The number of benzene rings is 1. The molecule has 19 heavy (non-hydrogen) atoms. The van der Waals surface area contributed by atoms with E-state index in [2.05, 4.69) is 22.0 Å². The minimum atomic E-state index is -0.0849. The Balaban J connectivity index is 2.01. The summed E-state index contributed by atoms with van der Waals surface area (Å²) < 4.78 is 5.76. The van der Waals surface area contributed by atoms with Crippen LogP contribution in [-0.2, 0) is 4.74 Å². The number of nitrogens with two attached hydrogens (primary N) is 1. The monoisotopic (exact) mass is 259 g/mol. The summed E-state index contributed by atoms with van der Waals surface area (Å²) in [4.78, 5) is 6.70. The molecular weight excluding hydrogens is 238 g/mol. The second-order valence-corrected chi connectivity index (χ2v) is 5.42. The van der Waals surface area contributed by atoms with Gasteiger partial charge in [0.15, 0.2) is 5.96 Å². The van der Waals surface area contributed by atoms with E-state index in [4.69, 9.17) is 10.5 Å². The van der Waals surface area contributed by atoms with Crippen molar-refractivity contribution in [2.24, 2.45) is 10.7 Å². The van der Waals surface area contributed by atoms with Gasteiger partial charge in [0.2, 0.25) is 0 Å². The molecule has 2 N–H and O–H groups in total. The highest BCUT2D eigenvalue weighted by molar-refractivity contribution is 5.98.